The highest BCUT2D eigenvalue weighted by Crippen LogP contribution is 2.19. The standard InChI is InChI=1S/C20H18N2OS/c1-14(15-8-3-2-4-9-15)21-20(23)22-19(24)18-13-7-11-16-10-5-6-12-17(16)18/h2-14H,1H3,(H2,21,22,23,24). The van der Waals surface area contributed by atoms with Gasteiger partial charge in [-0.05, 0) is 23.3 Å². The zero-order chi connectivity index (χ0) is 16.9. The van der Waals surface area contributed by atoms with Gasteiger partial charge in [0.25, 0.3) is 0 Å². The minimum absolute atomic E-state index is 0.0958. The second-order valence-electron chi connectivity index (χ2n) is 5.59. The van der Waals surface area contributed by atoms with Gasteiger partial charge in [0, 0.05) is 5.56 Å². The van der Waals surface area contributed by atoms with Crippen molar-refractivity contribution in [3.63, 3.8) is 0 Å². The van der Waals surface area contributed by atoms with Crippen LogP contribution in [0.5, 0.6) is 0 Å². The van der Waals surface area contributed by atoms with Crippen molar-refractivity contribution in [3.8, 4) is 0 Å². The number of carbonyl (C=O) groups excluding carboxylic acids is 1. The SMILES string of the molecule is CC(NC(=O)NC(=S)c1cccc2ccccc12)c1ccccc1. The summed E-state index contributed by atoms with van der Waals surface area (Å²) in [5, 5.41) is 7.80. The summed E-state index contributed by atoms with van der Waals surface area (Å²) in [6, 6.07) is 23.3. The van der Waals surface area contributed by atoms with Crippen molar-refractivity contribution in [1.82, 2.24) is 10.6 Å². The molecule has 0 spiro atoms. The zero-order valence-electron chi connectivity index (χ0n) is 13.3. The number of hydrogen-bond donors (Lipinski definition) is 2. The third-order valence-electron chi connectivity index (χ3n) is 3.91. The van der Waals surface area contributed by atoms with Gasteiger partial charge in [-0.2, -0.15) is 0 Å². The smallest absolute Gasteiger partial charge is 0.320 e. The Morgan fingerprint density at radius 1 is 0.917 bits per heavy atom. The lowest BCUT2D eigenvalue weighted by Gasteiger charge is -2.16. The molecule has 120 valence electrons. The molecule has 2 N–H and O–H groups in total. The molecular formula is C20H18N2OS. The Balaban J connectivity index is 1.71. The summed E-state index contributed by atoms with van der Waals surface area (Å²) in [6.45, 7) is 1.94. The molecule has 0 heterocycles. The molecule has 2 amide bonds. The van der Waals surface area contributed by atoms with Crippen LogP contribution in [0.4, 0.5) is 4.79 Å². The Kier molecular flexibility index (Phi) is 4.87. The van der Waals surface area contributed by atoms with E-state index in [-0.39, 0.29) is 12.1 Å². The molecule has 1 unspecified atom stereocenters. The number of carbonyl (C=O) groups is 1. The summed E-state index contributed by atoms with van der Waals surface area (Å²) in [4.78, 5) is 12.7. The van der Waals surface area contributed by atoms with Crippen LogP contribution < -0.4 is 10.6 Å². The van der Waals surface area contributed by atoms with E-state index in [0.29, 0.717) is 4.99 Å². The Morgan fingerprint density at radius 2 is 1.58 bits per heavy atom. The molecule has 3 nitrogen and oxygen atoms in total. The number of nitrogens with one attached hydrogen (secondary N) is 2. The molecule has 24 heavy (non-hydrogen) atoms. The van der Waals surface area contributed by atoms with E-state index < -0.39 is 0 Å². The van der Waals surface area contributed by atoms with Crippen LogP contribution in [0.15, 0.2) is 72.8 Å². The molecule has 0 bridgehead atoms. The van der Waals surface area contributed by atoms with E-state index in [1.807, 2.05) is 79.7 Å². The third kappa shape index (κ3) is 3.60. The first-order valence-electron chi connectivity index (χ1n) is 7.79. The fourth-order valence-electron chi connectivity index (χ4n) is 2.65. The molecule has 3 aromatic carbocycles. The van der Waals surface area contributed by atoms with E-state index in [0.717, 1.165) is 21.9 Å². The van der Waals surface area contributed by atoms with Gasteiger partial charge in [-0.3, -0.25) is 5.32 Å². The van der Waals surface area contributed by atoms with Gasteiger partial charge in [-0.1, -0.05) is 85.0 Å². The largest absolute Gasteiger partial charge is 0.331 e. The molecule has 0 aliphatic heterocycles. The summed E-state index contributed by atoms with van der Waals surface area (Å²) < 4.78 is 0. The van der Waals surface area contributed by atoms with Gasteiger partial charge in [0.15, 0.2) is 0 Å². The van der Waals surface area contributed by atoms with Crippen LogP contribution in [-0.4, -0.2) is 11.0 Å². The fourth-order valence-corrected chi connectivity index (χ4v) is 2.92. The minimum atomic E-state index is -0.302. The maximum absolute atomic E-state index is 12.2. The van der Waals surface area contributed by atoms with Crippen molar-refractivity contribution in [2.75, 3.05) is 0 Å². The van der Waals surface area contributed by atoms with Crippen LogP contribution in [0.3, 0.4) is 0 Å². The van der Waals surface area contributed by atoms with Crippen molar-refractivity contribution in [2.24, 2.45) is 0 Å². The molecular weight excluding hydrogens is 316 g/mol. The topological polar surface area (TPSA) is 41.1 Å². The van der Waals surface area contributed by atoms with Crippen molar-refractivity contribution < 1.29 is 4.79 Å². The van der Waals surface area contributed by atoms with Gasteiger partial charge >= 0.3 is 6.03 Å². The Morgan fingerprint density at radius 3 is 2.38 bits per heavy atom. The first-order valence-corrected chi connectivity index (χ1v) is 8.20. The summed E-state index contributed by atoms with van der Waals surface area (Å²) in [6.07, 6.45) is 0. The first kappa shape index (κ1) is 16.1. The van der Waals surface area contributed by atoms with Crippen molar-refractivity contribution in [1.29, 1.82) is 0 Å². The minimum Gasteiger partial charge on any atom is -0.331 e. The highest BCUT2D eigenvalue weighted by molar-refractivity contribution is 7.80. The van der Waals surface area contributed by atoms with Gasteiger partial charge < -0.3 is 5.32 Å². The summed E-state index contributed by atoms with van der Waals surface area (Å²) in [7, 11) is 0. The predicted octanol–water partition coefficient (Wildman–Crippen LogP) is 4.58. The van der Waals surface area contributed by atoms with Crippen molar-refractivity contribution in [2.45, 2.75) is 13.0 Å². The lowest BCUT2D eigenvalue weighted by molar-refractivity contribution is 0.242. The number of urea groups is 1. The lowest BCUT2D eigenvalue weighted by atomic mass is 10.0. The van der Waals surface area contributed by atoms with Crippen LogP contribution in [0.25, 0.3) is 10.8 Å². The van der Waals surface area contributed by atoms with Crippen LogP contribution in [0.2, 0.25) is 0 Å². The third-order valence-corrected chi connectivity index (χ3v) is 4.23. The molecule has 1 atom stereocenters. The Hall–Kier alpha value is -2.72. The monoisotopic (exact) mass is 334 g/mol. The van der Waals surface area contributed by atoms with Crippen molar-refractivity contribution >= 4 is 34.0 Å². The second-order valence-corrected chi connectivity index (χ2v) is 5.99. The van der Waals surface area contributed by atoms with E-state index in [2.05, 4.69) is 10.6 Å². The summed E-state index contributed by atoms with van der Waals surface area (Å²) >= 11 is 5.42. The molecule has 3 aromatic rings. The molecule has 0 aliphatic carbocycles. The molecule has 0 saturated carbocycles. The zero-order valence-corrected chi connectivity index (χ0v) is 14.1. The lowest BCUT2D eigenvalue weighted by Crippen LogP contribution is -2.40. The number of hydrogen-bond acceptors (Lipinski definition) is 2. The number of rotatable bonds is 3. The van der Waals surface area contributed by atoms with Gasteiger partial charge in [0.1, 0.15) is 4.99 Å². The van der Waals surface area contributed by atoms with Gasteiger partial charge in [0.05, 0.1) is 6.04 Å². The number of thiocarbonyl (C=S) groups is 1. The first-order chi connectivity index (χ1) is 11.6. The van der Waals surface area contributed by atoms with Crippen LogP contribution >= 0.6 is 12.2 Å². The Labute approximate surface area is 146 Å². The maximum atomic E-state index is 12.2. The number of amides is 2. The molecule has 0 saturated heterocycles. The molecule has 0 aliphatic rings. The molecule has 4 heteroatoms. The van der Waals surface area contributed by atoms with E-state index in [1.54, 1.807) is 0 Å². The molecule has 0 radical (unpaired) electrons. The van der Waals surface area contributed by atoms with Crippen LogP contribution in [0, 0.1) is 0 Å². The number of benzene rings is 3. The number of fused-ring (bicyclic) bond motifs is 1. The average Bonchev–Trinajstić information content (AvgIpc) is 2.61. The molecule has 0 fully saturated rings. The fraction of sp³-hybridized carbons (Fsp3) is 0.100. The summed E-state index contributed by atoms with van der Waals surface area (Å²) in [5.74, 6) is 0. The predicted molar refractivity (Wildman–Crippen MR) is 102 cm³/mol. The normalized spacial score (nSPS) is 11.7. The van der Waals surface area contributed by atoms with E-state index >= 15 is 0 Å². The van der Waals surface area contributed by atoms with E-state index in [1.165, 1.54) is 0 Å². The van der Waals surface area contributed by atoms with E-state index in [9.17, 15) is 4.79 Å². The van der Waals surface area contributed by atoms with Crippen molar-refractivity contribution in [3.05, 3.63) is 83.9 Å². The summed E-state index contributed by atoms with van der Waals surface area (Å²) in [5.41, 5.74) is 1.90. The molecule has 3 rings (SSSR count). The van der Waals surface area contributed by atoms with Crippen LogP contribution in [0.1, 0.15) is 24.1 Å². The molecule has 0 aromatic heterocycles. The van der Waals surface area contributed by atoms with Crippen LogP contribution in [-0.2, 0) is 0 Å². The second kappa shape index (κ2) is 7.23. The highest BCUT2D eigenvalue weighted by atomic mass is 32.1. The van der Waals surface area contributed by atoms with Gasteiger partial charge in [0.2, 0.25) is 0 Å². The van der Waals surface area contributed by atoms with Gasteiger partial charge in [-0.25, -0.2) is 4.79 Å². The average molecular weight is 334 g/mol. The van der Waals surface area contributed by atoms with E-state index in [4.69, 9.17) is 12.2 Å². The van der Waals surface area contributed by atoms with Gasteiger partial charge in [-0.15, -0.1) is 0 Å². The quantitative estimate of drug-likeness (QED) is 0.689. The Bertz CT molecular complexity index is 872. The maximum Gasteiger partial charge on any atom is 0.320 e. The highest BCUT2D eigenvalue weighted by Gasteiger charge is 2.12.